The lowest BCUT2D eigenvalue weighted by atomic mass is 10.2. The molecule has 0 atom stereocenters. The van der Waals surface area contributed by atoms with E-state index in [4.69, 9.17) is 4.74 Å². The molecule has 0 saturated carbocycles. The van der Waals surface area contributed by atoms with Gasteiger partial charge in [-0.2, -0.15) is 0 Å². The molecule has 0 saturated heterocycles. The van der Waals surface area contributed by atoms with Crippen LogP contribution in [0.5, 0.6) is 5.75 Å². The third kappa shape index (κ3) is 5.55. The maximum Gasteiger partial charge on any atom is 0.274 e. The van der Waals surface area contributed by atoms with Crippen LogP contribution in [0.15, 0.2) is 77.3 Å². The Hall–Kier alpha value is -2.88. The summed E-state index contributed by atoms with van der Waals surface area (Å²) in [6.07, 6.45) is 5.35. The first-order valence-electron chi connectivity index (χ1n) is 7.93. The highest BCUT2D eigenvalue weighted by Gasteiger charge is 2.09. The van der Waals surface area contributed by atoms with E-state index in [-0.39, 0.29) is 29.9 Å². The molecule has 0 spiro atoms. The van der Waals surface area contributed by atoms with Gasteiger partial charge >= 0.3 is 0 Å². The van der Waals surface area contributed by atoms with Crippen molar-refractivity contribution < 1.29 is 38.1 Å². The average Bonchev–Trinajstić information content (AvgIpc) is 2.68. The van der Waals surface area contributed by atoms with E-state index < -0.39 is 0 Å². The number of amides is 1. The minimum absolute atomic E-state index is 0. The molecular formula is C19H18IN5O2. The lowest BCUT2D eigenvalue weighted by Gasteiger charge is -2.08. The number of pyridine rings is 2. The fourth-order valence-electron chi connectivity index (χ4n) is 2.20. The second-order valence-electron chi connectivity index (χ2n) is 5.48. The molecule has 0 aliphatic carbocycles. The maximum atomic E-state index is 12.2. The highest BCUT2D eigenvalue weighted by atomic mass is 127. The number of nitrogens with zero attached hydrogens (tertiary/aromatic N) is 4. The van der Waals surface area contributed by atoms with Crippen molar-refractivity contribution in [3.63, 3.8) is 0 Å². The van der Waals surface area contributed by atoms with Gasteiger partial charge in [0.15, 0.2) is 12.4 Å². The number of hydrogen-bond acceptors (Lipinski definition) is 5. The van der Waals surface area contributed by atoms with Crippen LogP contribution in [0.2, 0.25) is 0 Å². The second kappa shape index (κ2) is 9.72. The average molecular weight is 475 g/mol. The normalized spacial score (nSPS) is 10.3. The Kier molecular flexibility index (Phi) is 7.35. The molecular weight excluding hydrogens is 457 g/mol. The van der Waals surface area contributed by atoms with E-state index in [9.17, 15) is 4.79 Å². The number of aromatic nitrogens is 2. The fourth-order valence-corrected chi connectivity index (χ4v) is 2.20. The number of aryl methyl sites for hydroxylation is 1. The lowest BCUT2D eigenvalue weighted by molar-refractivity contribution is -0.671. The molecule has 0 aliphatic heterocycles. The number of halogens is 1. The van der Waals surface area contributed by atoms with Gasteiger partial charge in [-0.1, -0.05) is 6.07 Å². The van der Waals surface area contributed by atoms with Crippen LogP contribution < -0.4 is 38.6 Å². The molecule has 0 radical (unpaired) electrons. The van der Waals surface area contributed by atoms with Gasteiger partial charge in [-0.25, -0.2) is 4.57 Å². The number of benzene rings is 1. The van der Waals surface area contributed by atoms with Crippen molar-refractivity contribution in [2.45, 2.75) is 0 Å². The molecule has 0 bridgehead atoms. The molecule has 1 aromatic carbocycles. The van der Waals surface area contributed by atoms with E-state index in [1.165, 1.54) is 0 Å². The Morgan fingerprint density at radius 3 is 2.56 bits per heavy atom. The van der Waals surface area contributed by atoms with Gasteiger partial charge in [0.2, 0.25) is 0 Å². The number of hydrogen-bond donors (Lipinski definition) is 1. The molecule has 1 amide bonds. The summed E-state index contributed by atoms with van der Waals surface area (Å²) in [5.41, 5.74) is 2.23. The van der Waals surface area contributed by atoms with E-state index in [0.717, 1.165) is 5.69 Å². The standard InChI is InChI=1S/C19H17N5O2.HI/c1-24-11-8-14(9-12-24)22-23-16-7-6-15(13-18(16)26-2)21-19(25)17-5-3-4-10-20-17;/h3-13H,1-2H3;1H. The first-order chi connectivity index (χ1) is 12.7. The zero-order chi connectivity index (χ0) is 18.4. The van der Waals surface area contributed by atoms with Gasteiger partial charge in [-0.3, -0.25) is 9.78 Å². The summed E-state index contributed by atoms with van der Waals surface area (Å²) in [4.78, 5) is 16.2. The summed E-state index contributed by atoms with van der Waals surface area (Å²) in [6.45, 7) is 0. The first kappa shape index (κ1) is 20.4. The largest absolute Gasteiger partial charge is 1.00 e. The monoisotopic (exact) mass is 475 g/mol. The van der Waals surface area contributed by atoms with Crippen molar-refractivity contribution >= 4 is 23.0 Å². The molecule has 27 heavy (non-hydrogen) atoms. The molecule has 138 valence electrons. The van der Waals surface area contributed by atoms with Gasteiger partial charge < -0.3 is 34.0 Å². The van der Waals surface area contributed by atoms with E-state index in [1.54, 1.807) is 49.7 Å². The summed E-state index contributed by atoms with van der Waals surface area (Å²) < 4.78 is 7.27. The van der Waals surface area contributed by atoms with Crippen LogP contribution in [-0.2, 0) is 7.05 Å². The van der Waals surface area contributed by atoms with Crippen LogP contribution in [0.1, 0.15) is 10.5 Å². The lowest BCUT2D eigenvalue weighted by Crippen LogP contribution is -3.00. The van der Waals surface area contributed by atoms with Gasteiger partial charge in [0.25, 0.3) is 5.91 Å². The summed E-state index contributed by atoms with van der Waals surface area (Å²) in [6, 6.07) is 14.0. The smallest absolute Gasteiger partial charge is 0.274 e. The van der Waals surface area contributed by atoms with Crippen molar-refractivity contribution in [1.29, 1.82) is 0 Å². The van der Waals surface area contributed by atoms with Crippen LogP contribution in [0.4, 0.5) is 17.1 Å². The van der Waals surface area contributed by atoms with Crippen molar-refractivity contribution in [2.24, 2.45) is 17.3 Å². The minimum Gasteiger partial charge on any atom is -1.00 e. The summed E-state index contributed by atoms with van der Waals surface area (Å²) in [5, 5.41) is 11.2. The summed E-state index contributed by atoms with van der Waals surface area (Å²) in [7, 11) is 3.48. The first-order valence-corrected chi connectivity index (χ1v) is 7.93. The number of ether oxygens (including phenoxy) is 1. The summed E-state index contributed by atoms with van der Waals surface area (Å²) >= 11 is 0. The van der Waals surface area contributed by atoms with Crippen LogP contribution in [0.3, 0.4) is 0 Å². The van der Waals surface area contributed by atoms with E-state index >= 15 is 0 Å². The highest BCUT2D eigenvalue weighted by Crippen LogP contribution is 2.31. The third-order valence-corrected chi connectivity index (χ3v) is 3.57. The zero-order valence-electron chi connectivity index (χ0n) is 14.8. The molecule has 0 unspecified atom stereocenters. The number of carbonyl (C=O) groups is 1. The van der Waals surface area contributed by atoms with Gasteiger partial charge in [0.1, 0.15) is 24.2 Å². The van der Waals surface area contributed by atoms with Crippen LogP contribution in [-0.4, -0.2) is 18.0 Å². The number of azo groups is 1. The van der Waals surface area contributed by atoms with Crippen LogP contribution in [0, 0.1) is 0 Å². The second-order valence-corrected chi connectivity index (χ2v) is 5.48. The predicted molar refractivity (Wildman–Crippen MR) is 97.0 cm³/mol. The molecule has 3 aromatic rings. The Balaban J connectivity index is 0.00000261. The van der Waals surface area contributed by atoms with E-state index in [1.807, 2.05) is 36.1 Å². The summed E-state index contributed by atoms with van der Waals surface area (Å²) in [5.74, 6) is 0.216. The van der Waals surface area contributed by atoms with Gasteiger partial charge in [0, 0.05) is 30.1 Å². The quantitative estimate of drug-likeness (QED) is 0.333. The van der Waals surface area contributed by atoms with Gasteiger partial charge in [-0.15, -0.1) is 10.2 Å². The van der Waals surface area contributed by atoms with Gasteiger partial charge in [0.05, 0.1) is 12.8 Å². The number of rotatable bonds is 5. The predicted octanol–water partition coefficient (Wildman–Crippen LogP) is 0.586. The molecule has 8 heteroatoms. The molecule has 0 aliphatic rings. The Bertz CT molecular complexity index is 931. The van der Waals surface area contributed by atoms with E-state index in [2.05, 4.69) is 20.5 Å². The van der Waals surface area contributed by atoms with Gasteiger partial charge in [-0.05, 0) is 24.3 Å². The Morgan fingerprint density at radius 2 is 1.89 bits per heavy atom. The highest BCUT2D eigenvalue weighted by molar-refractivity contribution is 6.03. The SMILES string of the molecule is COc1cc(NC(=O)c2ccccn2)ccc1N=Nc1cc[n+](C)cc1.[I-]. The topological polar surface area (TPSA) is 79.8 Å². The van der Waals surface area contributed by atoms with Crippen molar-refractivity contribution in [3.05, 3.63) is 72.8 Å². The Labute approximate surface area is 174 Å². The number of carbonyl (C=O) groups excluding carboxylic acids is 1. The molecule has 3 rings (SSSR count). The molecule has 0 fully saturated rings. The molecule has 1 N–H and O–H groups in total. The number of anilines is 1. The number of nitrogens with one attached hydrogen (secondary N) is 1. The van der Waals surface area contributed by atoms with Crippen LogP contribution >= 0.6 is 0 Å². The fraction of sp³-hybridized carbons (Fsp3) is 0.105. The van der Waals surface area contributed by atoms with E-state index in [0.29, 0.717) is 22.8 Å². The molecule has 7 nitrogen and oxygen atoms in total. The number of methoxy groups -OCH3 is 1. The Morgan fingerprint density at radius 1 is 1.11 bits per heavy atom. The molecule has 2 aromatic heterocycles. The third-order valence-electron chi connectivity index (χ3n) is 3.57. The zero-order valence-corrected chi connectivity index (χ0v) is 17.0. The van der Waals surface area contributed by atoms with Crippen molar-refractivity contribution in [2.75, 3.05) is 12.4 Å². The molecule has 2 heterocycles. The van der Waals surface area contributed by atoms with Crippen molar-refractivity contribution in [1.82, 2.24) is 4.98 Å². The minimum atomic E-state index is -0.292. The van der Waals surface area contributed by atoms with Crippen molar-refractivity contribution in [3.8, 4) is 5.75 Å². The van der Waals surface area contributed by atoms with Crippen LogP contribution in [0.25, 0.3) is 0 Å². The maximum absolute atomic E-state index is 12.2.